The molecule has 0 atom stereocenters. The maximum Gasteiger partial charge on any atom is 0.175 e. The molecule has 0 aliphatic heterocycles. The van der Waals surface area contributed by atoms with Crippen LogP contribution in [0.5, 0.6) is 5.75 Å². The Morgan fingerprint density at radius 3 is 2.27 bits per heavy atom. The number of benzene rings is 2. The summed E-state index contributed by atoms with van der Waals surface area (Å²) < 4.78 is 28.6. The number of hydrogen-bond donors (Lipinski definition) is 0. The van der Waals surface area contributed by atoms with Gasteiger partial charge in [-0.25, -0.2) is 13.4 Å². The molecule has 0 fully saturated rings. The molecule has 136 valence electrons. The van der Waals surface area contributed by atoms with Gasteiger partial charge in [-0.1, -0.05) is 38.1 Å². The van der Waals surface area contributed by atoms with Crippen LogP contribution < -0.4 is 4.74 Å². The molecule has 0 saturated heterocycles. The second kappa shape index (κ2) is 7.60. The lowest BCUT2D eigenvalue weighted by molar-refractivity contribution is 0.302. The number of sulfone groups is 1. The molecule has 6 heteroatoms. The molecular weight excluding hydrogens is 366 g/mol. The number of aromatic nitrogens is 1. The van der Waals surface area contributed by atoms with Crippen molar-refractivity contribution in [3.8, 4) is 16.3 Å². The van der Waals surface area contributed by atoms with Gasteiger partial charge in [-0.3, -0.25) is 0 Å². The average Bonchev–Trinajstić information content (AvgIpc) is 3.08. The molecule has 0 unspecified atom stereocenters. The number of ether oxygens (including phenoxy) is 1. The van der Waals surface area contributed by atoms with Crippen molar-refractivity contribution in [1.29, 1.82) is 0 Å². The van der Waals surface area contributed by atoms with Crippen LogP contribution in [0, 0.1) is 0 Å². The van der Waals surface area contributed by atoms with Crippen LogP contribution in [0.25, 0.3) is 10.6 Å². The molecule has 0 aliphatic carbocycles. The normalized spacial score (nSPS) is 11.7. The monoisotopic (exact) mass is 387 g/mol. The van der Waals surface area contributed by atoms with Gasteiger partial charge in [-0.05, 0) is 35.7 Å². The van der Waals surface area contributed by atoms with Gasteiger partial charge in [0, 0.05) is 17.2 Å². The van der Waals surface area contributed by atoms with E-state index in [9.17, 15) is 8.42 Å². The Hall–Kier alpha value is -2.18. The minimum absolute atomic E-state index is 0.283. The Balaban J connectivity index is 1.65. The third-order valence-corrected chi connectivity index (χ3v) is 6.08. The van der Waals surface area contributed by atoms with Crippen LogP contribution in [-0.2, 0) is 16.4 Å². The molecule has 2 aromatic carbocycles. The predicted molar refractivity (Wildman–Crippen MR) is 106 cm³/mol. The second-order valence-electron chi connectivity index (χ2n) is 6.45. The third kappa shape index (κ3) is 4.51. The van der Waals surface area contributed by atoms with E-state index in [0.29, 0.717) is 18.3 Å². The van der Waals surface area contributed by atoms with Crippen molar-refractivity contribution in [3.05, 3.63) is 65.2 Å². The molecule has 0 amide bonds. The lowest BCUT2D eigenvalue weighted by Crippen LogP contribution is -1.98. The summed E-state index contributed by atoms with van der Waals surface area (Å²) in [6, 6.07) is 14.9. The minimum Gasteiger partial charge on any atom is -0.487 e. The molecule has 0 radical (unpaired) electrons. The quantitative estimate of drug-likeness (QED) is 0.603. The summed E-state index contributed by atoms with van der Waals surface area (Å²) in [5.74, 6) is 1.13. The van der Waals surface area contributed by atoms with Gasteiger partial charge >= 0.3 is 0 Å². The summed E-state index contributed by atoms with van der Waals surface area (Å²) in [6.45, 7) is 4.70. The van der Waals surface area contributed by atoms with Crippen molar-refractivity contribution in [2.24, 2.45) is 0 Å². The molecule has 0 aliphatic rings. The number of nitrogens with zero attached hydrogens (tertiary/aromatic N) is 1. The highest BCUT2D eigenvalue weighted by Gasteiger charge is 2.08. The zero-order valence-electron chi connectivity index (χ0n) is 15.0. The van der Waals surface area contributed by atoms with Gasteiger partial charge in [0.2, 0.25) is 0 Å². The van der Waals surface area contributed by atoms with Crippen molar-refractivity contribution in [3.63, 3.8) is 0 Å². The third-order valence-electron chi connectivity index (χ3n) is 4.01. The Labute approximate surface area is 158 Å². The van der Waals surface area contributed by atoms with Crippen molar-refractivity contribution in [2.45, 2.75) is 31.3 Å². The van der Waals surface area contributed by atoms with E-state index >= 15 is 0 Å². The maximum atomic E-state index is 11.5. The first-order chi connectivity index (χ1) is 12.3. The highest BCUT2D eigenvalue weighted by molar-refractivity contribution is 7.90. The van der Waals surface area contributed by atoms with E-state index in [1.165, 1.54) is 11.8 Å². The Kier molecular flexibility index (Phi) is 5.44. The fourth-order valence-corrected chi connectivity index (χ4v) is 3.90. The largest absolute Gasteiger partial charge is 0.487 e. The minimum atomic E-state index is -3.19. The summed E-state index contributed by atoms with van der Waals surface area (Å²) in [7, 11) is -3.19. The Bertz CT molecular complexity index is 973. The molecule has 4 nitrogen and oxygen atoms in total. The molecular formula is C20H21NO3S2. The standard InChI is InChI=1S/C20H21NO3S2/c1-14(2)15-4-6-16(7-5-15)20-21-17(13-25-20)12-24-18-8-10-19(11-9-18)26(3,22)23/h4-11,13-14H,12H2,1-3H3. The van der Waals surface area contributed by atoms with E-state index in [0.717, 1.165) is 16.3 Å². The Morgan fingerprint density at radius 1 is 1.04 bits per heavy atom. The van der Waals surface area contributed by atoms with Crippen molar-refractivity contribution in [1.82, 2.24) is 4.98 Å². The van der Waals surface area contributed by atoms with Crippen LogP contribution in [0.3, 0.4) is 0 Å². The van der Waals surface area contributed by atoms with Crippen molar-refractivity contribution < 1.29 is 13.2 Å². The van der Waals surface area contributed by atoms with Crippen molar-refractivity contribution in [2.75, 3.05) is 6.26 Å². The number of hydrogen-bond acceptors (Lipinski definition) is 5. The molecule has 1 heterocycles. The molecule has 3 rings (SSSR count). The fourth-order valence-electron chi connectivity index (χ4n) is 2.46. The highest BCUT2D eigenvalue weighted by Crippen LogP contribution is 2.26. The lowest BCUT2D eigenvalue weighted by Gasteiger charge is -2.06. The van der Waals surface area contributed by atoms with Gasteiger partial charge in [0.05, 0.1) is 10.6 Å². The highest BCUT2D eigenvalue weighted by atomic mass is 32.2. The zero-order valence-corrected chi connectivity index (χ0v) is 16.6. The smallest absolute Gasteiger partial charge is 0.175 e. The molecule has 26 heavy (non-hydrogen) atoms. The van der Waals surface area contributed by atoms with Crippen LogP contribution in [0.2, 0.25) is 0 Å². The van der Waals surface area contributed by atoms with Crippen LogP contribution >= 0.6 is 11.3 Å². The topological polar surface area (TPSA) is 56.3 Å². The molecule has 1 aromatic heterocycles. The summed E-state index contributed by atoms with van der Waals surface area (Å²) in [5, 5.41) is 2.95. The zero-order chi connectivity index (χ0) is 18.7. The molecule has 0 spiro atoms. The summed E-state index contributed by atoms with van der Waals surface area (Å²) >= 11 is 1.59. The predicted octanol–water partition coefficient (Wildman–Crippen LogP) is 4.92. The molecule has 0 saturated carbocycles. The van der Waals surface area contributed by atoms with Gasteiger partial charge in [-0.15, -0.1) is 11.3 Å². The van der Waals surface area contributed by atoms with Crippen molar-refractivity contribution >= 4 is 21.2 Å². The maximum absolute atomic E-state index is 11.5. The summed E-state index contributed by atoms with van der Waals surface area (Å²) in [4.78, 5) is 4.91. The average molecular weight is 388 g/mol. The SMILES string of the molecule is CC(C)c1ccc(-c2nc(COc3ccc(S(C)(=O)=O)cc3)cs2)cc1. The van der Waals surface area contributed by atoms with E-state index in [1.807, 2.05) is 5.38 Å². The van der Waals surface area contributed by atoms with E-state index in [-0.39, 0.29) is 4.90 Å². The van der Waals surface area contributed by atoms with E-state index in [4.69, 9.17) is 4.74 Å². The van der Waals surface area contributed by atoms with Gasteiger partial charge in [0.25, 0.3) is 0 Å². The number of thiazole rings is 1. The van der Waals surface area contributed by atoms with Crippen LogP contribution in [0.15, 0.2) is 58.8 Å². The van der Waals surface area contributed by atoms with Gasteiger partial charge in [-0.2, -0.15) is 0 Å². The van der Waals surface area contributed by atoms with Gasteiger partial charge in [0.1, 0.15) is 17.4 Å². The van der Waals surface area contributed by atoms with E-state index < -0.39 is 9.84 Å². The first-order valence-corrected chi connectivity index (χ1v) is 11.1. The van der Waals surface area contributed by atoms with Crippen LogP contribution in [0.1, 0.15) is 31.0 Å². The second-order valence-corrected chi connectivity index (χ2v) is 9.33. The van der Waals surface area contributed by atoms with Crippen LogP contribution in [0.4, 0.5) is 0 Å². The summed E-state index contributed by atoms with van der Waals surface area (Å²) in [5.41, 5.74) is 3.26. The summed E-state index contributed by atoms with van der Waals surface area (Å²) in [6.07, 6.45) is 1.19. The fraction of sp³-hybridized carbons (Fsp3) is 0.250. The first kappa shape index (κ1) is 18.6. The first-order valence-electron chi connectivity index (χ1n) is 8.30. The van der Waals surface area contributed by atoms with Gasteiger partial charge in [0.15, 0.2) is 9.84 Å². The lowest BCUT2D eigenvalue weighted by atomic mass is 10.0. The van der Waals surface area contributed by atoms with Crippen LogP contribution in [-0.4, -0.2) is 19.7 Å². The van der Waals surface area contributed by atoms with E-state index in [2.05, 4.69) is 43.1 Å². The molecule has 3 aromatic rings. The molecule has 0 bridgehead atoms. The van der Waals surface area contributed by atoms with Gasteiger partial charge < -0.3 is 4.74 Å². The molecule has 0 N–H and O–H groups in total. The number of rotatable bonds is 6. The Morgan fingerprint density at radius 2 is 1.69 bits per heavy atom. The van der Waals surface area contributed by atoms with E-state index in [1.54, 1.807) is 35.6 Å².